The molecule has 0 saturated carbocycles. The minimum Gasteiger partial charge on any atom is -0.455 e. The number of furan rings is 1. The molecule has 6 rings (SSSR count). The van der Waals surface area contributed by atoms with Crippen molar-refractivity contribution < 1.29 is 4.42 Å². The van der Waals surface area contributed by atoms with E-state index in [1.54, 1.807) is 11.3 Å². The molecule has 0 aliphatic heterocycles. The topological polar surface area (TPSA) is 26.0 Å². The van der Waals surface area contributed by atoms with Crippen LogP contribution >= 0.6 is 11.3 Å². The zero-order valence-corrected chi connectivity index (χ0v) is 22.6. The van der Waals surface area contributed by atoms with E-state index < -0.39 is 0 Å². The summed E-state index contributed by atoms with van der Waals surface area (Å²) in [7, 11) is 0. The fraction of sp³-hybridized carbons (Fsp3) is 0.242. The Morgan fingerprint density at radius 2 is 1.39 bits per heavy atom. The Morgan fingerprint density at radius 1 is 0.694 bits per heavy atom. The molecule has 0 saturated heterocycles. The number of para-hydroxylation sites is 2. The predicted octanol–water partition coefficient (Wildman–Crippen LogP) is 10.1. The van der Waals surface area contributed by atoms with Crippen LogP contribution in [0.15, 0.2) is 83.3 Å². The Bertz CT molecular complexity index is 1720. The first-order chi connectivity index (χ1) is 17.1. The number of hydrogen-bond acceptors (Lipinski definition) is 3. The summed E-state index contributed by atoms with van der Waals surface area (Å²) >= 11 is 1.77. The Morgan fingerprint density at radius 3 is 2.11 bits per heavy atom. The van der Waals surface area contributed by atoms with Crippen LogP contribution in [0.3, 0.4) is 0 Å². The summed E-state index contributed by atoms with van der Waals surface area (Å²) in [6.07, 6.45) is 0. The average Bonchev–Trinajstić information content (AvgIpc) is 3.43. The number of aromatic nitrogens is 1. The van der Waals surface area contributed by atoms with Crippen molar-refractivity contribution in [1.82, 2.24) is 4.98 Å². The molecule has 0 bridgehead atoms. The van der Waals surface area contributed by atoms with Crippen LogP contribution < -0.4 is 0 Å². The molecular formula is C33H31NOS. The second-order valence-electron chi connectivity index (χ2n) is 11.8. The maximum absolute atomic E-state index is 6.28. The highest BCUT2D eigenvalue weighted by atomic mass is 32.1. The highest BCUT2D eigenvalue weighted by Crippen LogP contribution is 2.40. The average molecular weight is 490 g/mol. The Hall–Kier alpha value is -3.43. The molecule has 0 fully saturated rings. The smallest absolute Gasteiger partial charge is 0.144 e. The molecule has 0 radical (unpaired) electrons. The summed E-state index contributed by atoms with van der Waals surface area (Å²) in [5.74, 6) is 0. The first-order valence-electron chi connectivity index (χ1n) is 12.6. The lowest BCUT2D eigenvalue weighted by Crippen LogP contribution is -2.16. The summed E-state index contributed by atoms with van der Waals surface area (Å²) < 4.78 is 6.28. The highest BCUT2D eigenvalue weighted by Gasteiger charge is 2.22. The summed E-state index contributed by atoms with van der Waals surface area (Å²) in [6.45, 7) is 13.7. The van der Waals surface area contributed by atoms with E-state index in [-0.39, 0.29) is 10.8 Å². The van der Waals surface area contributed by atoms with Gasteiger partial charge in [-0.05, 0) is 70.0 Å². The third-order valence-corrected chi connectivity index (χ3v) is 8.11. The van der Waals surface area contributed by atoms with E-state index in [2.05, 4.69) is 108 Å². The van der Waals surface area contributed by atoms with Crippen LogP contribution in [-0.4, -0.2) is 4.98 Å². The van der Waals surface area contributed by atoms with Gasteiger partial charge in [-0.25, -0.2) is 4.98 Å². The predicted molar refractivity (Wildman–Crippen MR) is 155 cm³/mol. The van der Waals surface area contributed by atoms with Gasteiger partial charge in [-0.15, -0.1) is 11.3 Å². The minimum absolute atomic E-state index is 0.0867. The largest absolute Gasteiger partial charge is 0.455 e. The summed E-state index contributed by atoms with van der Waals surface area (Å²) in [4.78, 5) is 7.42. The highest BCUT2D eigenvalue weighted by molar-refractivity contribution is 7.21. The van der Waals surface area contributed by atoms with Crippen LogP contribution in [0.2, 0.25) is 0 Å². The number of benzene rings is 3. The normalized spacial score (nSPS) is 12.7. The second-order valence-corrected chi connectivity index (χ2v) is 12.8. The molecule has 0 aliphatic rings. The number of rotatable bonds is 2. The molecule has 180 valence electrons. The maximum atomic E-state index is 6.28. The van der Waals surface area contributed by atoms with E-state index in [9.17, 15) is 0 Å². The number of nitrogens with zero attached hydrogens (tertiary/aromatic N) is 1. The standard InChI is InChI=1S/C33H31NOS/c1-32(2,3)22-16-21(17-23(19-22)33(4,5)6)29-18-20-14-15-27(34-31(20)36-29)26-12-9-11-25-24-10-7-8-13-28(24)35-30(25)26/h7-19H,1-6H3. The molecule has 0 unspecified atom stereocenters. The van der Waals surface area contributed by atoms with Gasteiger partial charge < -0.3 is 4.42 Å². The van der Waals surface area contributed by atoms with E-state index in [0.29, 0.717) is 0 Å². The van der Waals surface area contributed by atoms with Crippen molar-refractivity contribution in [2.24, 2.45) is 0 Å². The van der Waals surface area contributed by atoms with Crippen molar-refractivity contribution in [3.8, 4) is 21.7 Å². The lowest BCUT2D eigenvalue weighted by Gasteiger charge is -2.26. The van der Waals surface area contributed by atoms with Crippen molar-refractivity contribution in [1.29, 1.82) is 0 Å². The summed E-state index contributed by atoms with van der Waals surface area (Å²) in [5, 5.41) is 3.45. The van der Waals surface area contributed by atoms with E-state index in [1.807, 2.05) is 12.1 Å². The van der Waals surface area contributed by atoms with Gasteiger partial charge in [-0.3, -0.25) is 0 Å². The van der Waals surface area contributed by atoms with Crippen molar-refractivity contribution in [2.45, 2.75) is 52.4 Å². The van der Waals surface area contributed by atoms with Gasteiger partial charge in [0.2, 0.25) is 0 Å². The molecule has 0 atom stereocenters. The zero-order valence-electron chi connectivity index (χ0n) is 21.8. The molecule has 0 amide bonds. The fourth-order valence-electron chi connectivity index (χ4n) is 4.79. The van der Waals surface area contributed by atoms with E-state index in [0.717, 1.165) is 38.0 Å². The maximum Gasteiger partial charge on any atom is 0.144 e. The van der Waals surface area contributed by atoms with Gasteiger partial charge >= 0.3 is 0 Å². The fourth-order valence-corrected chi connectivity index (χ4v) is 5.81. The first kappa shape index (κ1) is 23.0. The van der Waals surface area contributed by atoms with Crippen molar-refractivity contribution >= 4 is 43.5 Å². The number of thiophene rings is 1. The summed E-state index contributed by atoms with van der Waals surface area (Å²) in [6, 6.07) is 28.2. The minimum atomic E-state index is 0.0867. The molecule has 6 aromatic rings. The van der Waals surface area contributed by atoms with Crippen LogP contribution in [0.5, 0.6) is 0 Å². The lowest BCUT2D eigenvalue weighted by molar-refractivity contribution is 0.569. The SMILES string of the molecule is CC(C)(C)c1cc(-c2cc3ccc(-c4cccc5c4oc4ccccc45)nc3s2)cc(C(C)(C)C)c1. The second kappa shape index (κ2) is 8.04. The monoisotopic (exact) mass is 489 g/mol. The molecule has 0 N–H and O–H groups in total. The van der Waals surface area contributed by atoms with E-state index in [4.69, 9.17) is 9.40 Å². The van der Waals surface area contributed by atoms with Crippen LogP contribution in [-0.2, 0) is 10.8 Å². The molecule has 3 heterocycles. The summed E-state index contributed by atoms with van der Waals surface area (Å²) in [5.41, 5.74) is 7.97. The van der Waals surface area contributed by atoms with Gasteiger partial charge in [0.15, 0.2) is 0 Å². The van der Waals surface area contributed by atoms with Crippen molar-refractivity contribution in [2.75, 3.05) is 0 Å². The van der Waals surface area contributed by atoms with Crippen LogP contribution in [0, 0.1) is 0 Å². The van der Waals surface area contributed by atoms with Gasteiger partial charge in [0, 0.05) is 26.6 Å². The molecule has 36 heavy (non-hydrogen) atoms. The molecule has 2 nitrogen and oxygen atoms in total. The van der Waals surface area contributed by atoms with Crippen molar-refractivity contribution in [3.05, 3.63) is 90.0 Å². The van der Waals surface area contributed by atoms with Gasteiger partial charge in [-0.2, -0.15) is 0 Å². The molecule has 3 aromatic carbocycles. The van der Waals surface area contributed by atoms with Crippen LogP contribution in [0.4, 0.5) is 0 Å². The van der Waals surface area contributed by atoms with Crippen molar-refractivity contribution in [3.63, 3.8) is 0 Å². The Balaban J connectivity index is 1.49. The van der Waals surface area contributed by atoms with Gasteiger partial charge in [0.05, 0.1) is 5.69 Å². The third-order valence-electron chi connectivity index (χ3n) is 7.01. The van der Waals surface area contributed by atoms with Gasteiger partial charge in [-0.1, -0.05) is 77.9 Å². The molecule has 0 spiro atoms. The van der Waals surface area contributed by atoms with E-state index in [1.165, 1.54) is 27.0 Å². The molecule has 3 heteroatoms. The third kappa shape index (κ3) is 3.92. The lowest BCUT2D eigenvalue weighted by atomic mass is 9.79. The Kier molecular flexibility index (Phi) is 5.14. The quantitative estimate of drug-likeness (QED) is 0.242. The number of pyridine rings is 1. The molecule has 3 aromatic heterocycles. The number of fused-ring (bicyclic) bond motifs is 4. The van der Waals surface area contributed by atoms with Crippen LogP contribution in [0.25, 0.3) is 53.9 Å². The first-order valence-corrected chi connectivity index (χ1v) is 13.4. The zero-order chi connectivity index (χ0) is 25.2. The van der Waals surface area contributed by atoms with Gasteiger partial charge in [0.1, 0.15) is 16.0 Å². The van der Waals surface area contributed by atoms with Gasteiger partial charge in [0.25, 0.3) is 0 Å². The van der Waals surface area contributed by atoms with E-state index >= 15 is 0 Å². The number of hydrogen-bond donors (Lipinski definition) is 0. The molecular weight excluding hydrogens is 458 g/mol. The molecule has 0 aliphatic carbocycles. The van der Waals surface area contributed by atoms with Crippen LogP contribution in [0.1, 0.15) is 52.7 Å². The Labute approximate surface area is 216 Å².